The second-order valence-electron chi connectivity index (χ2n) is 4.19. The van der Waals surface area contributed by atoms with Crippen molar-refractivity contribution in [2.24, 2.45) is 0 Å². The molecule has 0 radical (unpaired) electrons. The van der Waals surface area contributed by atoms with E-state index in [0.717, 1.165) is 11.1 Å². The summed E-state index contributed by atoms with van der Waals surface area (Å²) in [6, 6.07) is 7.21. The highest BCUT2D eigenvalue weighted by molar-refractivity contribution is 6.07. The molecule has 16 heavy (non-hydrogen) atoms. The molecular formula is C13H19N2O+. The van der Waals surface area contributed by atoms with E-state index < -0.39 is 0 Å². The van der Waals surface area contributed by atoms with Crippen LogP contribution in [0.3, 0.4) is 0 Å². The molecule has 0 aliphatic carbocycles. The zero-order valence-corrected chi connectivity index (χ0v) is 10.3. The minimum absolute atomic E-state index is 0.290. The first-order valence-electron chi connectivity index (χ1n) is 5.18. The summed E-state index contributed by atoms with van der Waals surface area (Å²) in [5.74, 6) is 0.290. The van der Waals surface area contributed by atoms with Crippen molar-refractivity contribution in [2.75, 3.05) is 28.2 Å². The van der Waals surface area contributed by atoms with Crippen molar-refractivity contribution < 1.29 is 9.68 Å². The van der Waals surface area contributed by atoms with Gasteiger partial charge in [0, 0.05) is 20.3 Å². The van der Waals surface area contributed by atoms with Crippen molar-refractivity contribution in [3.8, 4) is 5.75 Å². The molecule has 0 aromatic heterocycles. The molecule has 0 heterocycles. The number of benzene rings is 1. The van der Waals surface area contributed by atoms with E-state index in [1.807, 2.05) is 62.2 Å². The van der Waals surface area contributed by atoms with Crippen LogP contribution in [-0.4, -0.2) is 49.0 Å². The maximum atomic E-state index is 9.25. The number of phenols is 1. The predicted octanol–water partition coefficient (Wildman–Crippen LogP) is 1.64. The average Bonchev–Trinajstić information content (AvgIpc) is 2.16. The first kappa shape index (κ1) is 12.3. The van der Waals surface area contributed by atoms with Crippen LogP contribution in [-0.2, 0) is 0 Å². The van der Waals surface area contributed by atoms with Crippen LogP contribution in [0.15, 0.2) is 30.5 Å². The molecule has 0 saturated carbocycles. The summed E-state index contributed by atoms with van der Waals surface area (Å²) in [7, 11) is 7.96. The van der Waals surface area contributed by atoms with Crippen molar-refractivity contribution in [1.29, 1.82) is 0 Å². The summed E-state index contributed by atoms with van der Waals surface area (Å²) in [6.45, 7) is 0. The van der Waals surface area contributed by atoms with Crippen LogP contribution < -0.4 is 0 Å². The molecule has 1 rings (SSSR count). The SMILES string of the molecule is CN(C)C=C(C=[N+](C)C)c1ccc(O)cc1. The van der Waals surface area contributed by atoms with Crippen LogP contribution in [0.25, 0.3) is 5.57 Å². The largest absolute Gasteiger partial charge is 0.508 e. The molecule has 0 unspecified atom stereocenters. The Morgan fingerprint density at radius 3 is 2.19 bits per heavy atom. The molecule has 3 nitrogen and oxygen atoms in total. The lowest BCUT2D eigenvalue weighted by atomic mass is 10.1. The van der Waals surface area contributed by atoms with Crippen LogP contribution in [0.2, 0.25) is 0 Å². The number of hydrogen-bond acceptors (Lipinski definition) is 2. The molecule has 3 heteroatoms. The smallest absolute Gasteiger partial charge is 0.172 e. The third kappa shape index (κ3) is 3.77. The molecule has 0 saturated heterocycles. The molecule has 0 fully saturated rings. The summed E-state index contributed by atoms with van der Waals surface area (Å²) in [5.41, 5.74) is 2.19. The van der Waals surface area contributed by atoms with E-state index in [4.69, 9.17) is 0 Å². The first-order chi connectivity index (χ1) is 7.49. The third-order valence-corrected chi connectivity index (χ3v) is 2.00. The van der Waals surface area contributed by atoms with Crippen LogP contribution in [0, 0.1) is 0 Å². The van der Waals surface area contributed by atoms with Crippen LogP contribution in [0.4, 0.5) is 0 Å². The maximum Gasteiger partial charge on any atom is 0.172 e. The lowest BCUT2D eigenvalue weighted by molar-refractivity contribution is -0.458. The molecule has 1 N–H and O–H groups in total. The highest BCUT2D eigenvalue weighted by Gasteiger charge is 2.03. The number of allylic oxidation sites excluding steroid dienone is 1. The van der Waals surface area contributed by atoms with Gasteiger partial charge in [-0.05, 0) is 17.7 Å². The fraction of sp³-hybridized carbons (Fsp3) is 0.308. The van der Waals surface area contributed by atoms with Gasteiger partial charge in [-0.2, -0.15) is 0 Å². The average molecular weight is 219 g/mol. The van der Waals surface area contributed by atoms with Crippen LogP contribution in [0.1, 0.15) is 5.56 Å². The third-order valence-electron chi connectivity index (χ3n) is 2.00. The van der Waals surface area contributed by atoms with E-state index in [1.54, 1.807) is 12.1 Å². The molecule has 0 bridgehead atoms. The first-order valence-corrected chi connectivity index (χ1v) is 5.18. The lowest BCUT2D eigenvalue weighted by Crippen LogP contribution is -2.07. The summed E-state index contributed by atoms with van der Waals surface area (Å²) in [5, 5.41) is 9.25. The number of phenolic OH excluding ortho intramolecular Hbond substituents is 1. The monoisotopic (exact) mass is 219 g/mol. The molecule has 0 aliphatic heterocycles. The Labute approximate surface area is 97.0 Å². The quantitative estimate of drug-likeness (QED) is 0.618. The standard InChI is InChI=1S/C13H18N2O/c1-14(2)9-12(10-15(3)4)11-5-7-13(16)8-6-11/h5-10H,1-4H3/p+1. The maximum absolute atomic E-state index is 9.25. The molecule has 0 aliphatic rings. The second-order valence-corrected chi connectivity index (χ2v) is 4.19. The summed E-state index contributed by atoms with van der Waals surface area (Å²) in [4.78, 5) is 2.00. The van der Waals surface area contributed by atoms with Crippen LogP contribution >= 0.6 is 0 Å². The van der Waals surface area contributed by atoms with Crippen molar-refractivity contribution in [1.82, 2.24) is 4.90 Å². The summed E-state index contributed by atoms with van der Waals surface area (Å²) in [6.07, 6.45) is 4.10. The number of rotatable bonds is 3. The van der Waals surface area contributed by atoms with Gasteiger partial charge < -0.3 is 10.0 Å². The topological polar surface area (TPSA) is 26.5 Å². The lowest BCUT2D eigenvalue weighted by Gasteiger charge is -2.08. The van der Waals surface area contributed by atoms with Crippen molar-refractivity contribution in [3.63, 3.8) is 0 Å². The van der Waals surface area contributed by atoms with Gasteiger partial charge in [-0.1, -0.05) is 12.1 Å². The van der Waals surface area contributed by atoms with E-state index >= 15 is 0 Å². The van der Waals surface area contributed by atoms with Gasteiger partial charge in [0.05, 0.1) is 5.57 Å². The van der Waals surface area contributed by atoms with E-state index in [0.29, 0.717) is 0 Å². The molecule has 0 spiro atoms. The normalized spacial score (nSPS) is 11.1. The molecule has 0 amide bonds. The van der Waals surface area contributed by atoms with Gasteiger partial charge in [0.1, 0.15) is 19.8 Å². The van der Waals surface area contributed by atoms with E-state index in [9.17, 15) is 5.11 Å². The predicted molar refractivity (Wildman–Crippen MR) is 67.9 cm³/mol. The molecular weight excluding hydrogens is 200 g/mol. The molecule has 1 aromatic rings. The summed E-state index contributed by atoms with van der Waals surface area (Å²) < 4.78 is 2.00. The van der Waals surface area contributed by atoms with Crippen LogP contribution in [0.5, 0.6) is 5.75 Å². The molecule has 86 valence electrons. The van der Waals surface area contributed by atoms with Crippen molar-refractivity contribution in [3.05, 3.63) is 36.0 Å². The summed E-state index contributed by atoms with van der Waals surface area (Å²) >= 11 is 0. The van der Waals surface area contributed by atoms with Gasteiger partial charge in [-0.3, -0.25) is 0 Å². The van der Waals surface area contributed by atoms with Gasteiger partial charge in [0.25, 0.3) is 0 Å². The van der Waals surface area contributed by atoms with E-state index in [2.05, 4.69) is 0 Å². The Hall–Kier alpha value is -1.77. The minimum atomic E-state index is 0.290. The van der Waals surface area contributed by atoms with Gasteiger partial charge in [0.15, 0.2) is 6.21 Å². The van der Waals surface area contributed by atoms with Crippen molar-refractivity contribution >= 4 is 11.8 Å². The zero-order chi connectivity index (χ0) is 12.1. The fourth-order valence-corrected chi connectivity index (χ4v) is 1.39. The van der Waals surface area contributed by atoms with Crippen molar-refractivity contribution in [2.45, 2.75) is 0 Å². The Balaban J connectivity index is 3.11. The highest BCUT2D eigenvalue weighted by Crippen LogP contribution is 2.16. The zero-order valence-electron chi connectivity index (χ0n) is 10.3. The molecule has 1 aromatic carbocycles. The van der Waals surface area contributed by atoms with Gasteiger partial charge in [-0.25, -0.2) is 4.58 Å². The highest BCUT2D eigenvalue weighted by atomic mass is 16.3. The number of nitrogens with zero attached hydrogens (tertiary/aromatic N) is 2. The number of aromatic hydroxyl groups is 1. The Morgan fingerprint density at radius 1 is 1.19 bits per heavy atom. The minimum Gasteiger partial charge on any atom is -0.508 e. The second kappa shape index (κ2) is 5.35. The van der Waals surface area contributed by atoms with E-state index in [-0.39, 0.29) is 5.75 Å². The van der Waals surface area contributed by atoms with Gasteiger partial charge in [0.2, 0.25) is 0 Å². The Bertz CT molecular complexity index is 398. The van der Waals surface area contributed by atoms with Gasteiger partial charge in [-0.15, -0.1) is 0 Å². The number of hydrogen-bond donors (Lipinski definition) is 1. The Morgan fingerprint density at radius 2 is 1.75 bits per heavy atom. The van der Waals surface area contributed by atoms with Gasteiger partial charge >= 0.3 is 0 Å². The fourth-order valence-electron chi connectivity index (χ4n) is 1.39. The molecule has 0 atom stereocenters. The Kier molecular flexibility index (Phi) is 4.11. The van der Waals surface area contributed by atoms with E-state index in [1.165, 1.54) is 0 Å².